The van der Waals surface area contributed by atoms with Crippen LogP contribution in [0, 0.1) is 0 Å². The van der Waals surface area contributed by atoms with Crippen LogP contribution in [0.4, 0.5) is 0 Å². The zero-order chi connectivity index (χ0) is 18.8. The second-order valence-electron chi connectivity index (χ2n) is 6.40. The maximum Gasteiger partial charge on any atom is 0.254 e. The van der Waals surface area contributed by atoms with Crippen LogP contribution in [0.2, 0.25) is 0 Å². The maximum absolute atomic E-state index is 13.1. The van der Waals surface area contributed by atoms with E-state index in [1.54, 1.807) is 22.1 Å². The second kappa shape index (κ2) is 6.99. The molecule has 6 nitrogen and oxygen atoms in total. The van der Waals surface area contributed by atoms with Gasteiger partial charge in [-0.15, -0.1) is 0 Å². The Kier molecular flexibility index (Phi) is 4.38. The van der Waals surface area contributed by atoms with E-state index < -0.39 is 0 Å². The van der Waals surface area contributed by atoms with Gasteiger partial charge in [0.2, 0.25) is 0 Å². The lowest BCUT2D eigenvalue weighted by Gasteiger charge is -2.26. The van der Waals surface area contributed by atoms with Crippen LogP contribution >= 0.6 is 0 Å². The first-order chi connectivity index (χ1) is 13.1. The Hall–Kier alpha value is -3.54. The van der Waals surface area contributed by atoms with Crippen LogP contribution < -0.4 is 0 Å². The number of benzene rings is 2. The van der Waals surface area contributed by atoms with Crippen LogP contribution in [-0.2, 0) is 0 Å². The molecule has 2 aromatic heterocycles. The summed E-state index contributed by atoms with van der Waals surface area (Å²) in [5.74, 6) is -0.0264. The first-order valence-electron chi connectivity index (χ1n) is 8.71. The predicted molar refractivity (Wildman–Crippen MR) is 104 cm³/mol. The molecule has 4 rings (SSSR count). The van der Waals surface area contributed by atoms with E-state index in [-0.39, 0.29) is 11.9 Å². The number of pyridine rings is 1. The smallest absolute Gasteiger partial charge is 0.254 e. The van der Waals surface area contributed by atoms with Crippen LogP contribution in [0.5, 0.6) is 0 Å². The number of carbonyl (C=O) groups excluding carboxylic acids is 1. The van der Waals surface area contributed by atoms with Gasteiger partial charge in [-0.25, -0.2) is 9.67 Å². The van der Waals surface area contributed by atoms with Crippen molar-refractivity contribution in [3.8, 4) is 5.69 Å². The molecule has 27 heavy (non-hydrogen) atoms. The summed E-state index contributed by atoms with van der Waals surface area (Å²) < 4.78 is 1.70. The Morgan fingerprint density at radius 1 is 1.07 bits per heavy atom. The molecule has 0 radical (unpaired) electrons. The van der Waals surface area contributed by atoms with Crippen molar-refractivity contribution < 1.29 is 4.79 Å². The highest BCUT2D eigenvalue weighted by atomic mass is 16.2. The summed E-state index contributed by atoms with van der Waals surface area (Å²) in [4.78, 5) is 23.2. The Labute approximate surface area is 157 Å². The molecule has 4 aromatic rings. The average molecular weight is 357 g/mol. The number of nitrogens with zero attached hydrogens (tertiary/aromatic N) is 5. The third-order valence-corrected chi connectivity index (χ3v) is 4.84. The zero-order valence-corrected chi connectivity index (χ0v) is 15.1. The van der Waals surface area contributed by atoms with Crippen molar-refractivity contribution in [3.05, 3.63) is 84.6 Å². The van der Waals surface area contributed by atoms with Gasteiger partial charge in [0.25, 0.3) is 5.91 Å². The number of hydrogen-bond donors (Lipinski definition) is 0. The molecule has 0 fully saturated rings. The van der Waals surface area contributed by atoms with Gasteiger partial charge in [-0.3, -0.25) is 9.78 Å². The fourth-order valence-corrected chi connectivity index (χ4v) is 3.13. The molecule has 2 heterocycles. The molecule has 1 amide bonds. The van der Waals surface area contributed by atoms with Gasteiger partial charge in [0.1, 0.15) is 12.7 Å². The highest BCUT2D eigenvalue weighted by Crippen LogP contribution is 2.24. The summed E-state index contributed by atoms with van der Waals surface area (Å²) in [7, 11) is 1.83. The van der Waals surface area contributed by atoms with Gasteiger partial charge < -0.3 is 4.90 Å². The van der Waals surface area contributed by atoms with Crippen molar-refractivity contribution in [1.82, 2.24) is 24.6 Å². The standard InChI is InChI=1S/C21H19N5O/c1-15(16-8-10-17(11-9-16)26-14-22-13-24-26)25(2)21(27)19-5-3-7-20-18(19)6-4-12-23-20/h3-15H,1-2H3. The monoisotopic (exact) mass is 357 g/mol. The molecule has 2 aromatic carbocycles. The van der Waals surface area contributed by atoms with Crippen LogP contribution in [0.1, 0.15) is 28.9 Å². The molecular weight excluding hydrogens is 338 g/mol. The lowest BCUT2D eigenvalue weighted by molar-refractivity contribution is 0.0744. The van der Waals surface area contributed by atoms with Crippen LogP contribution in [0.25, 0.3) is 16.6 Å². The summed E-state index contributed by atoms with van der Waals surface area (Å²) in [6, 6.07) is 17.3. The number of fused-ring (bicyclic) bond motifs is 1. The predicted octanol–water partition coefficient (Wildman–Crippen LogP) is 3.65. The number of amides is 1. The van der Waals surface area contributed by atoms with E-state index >= 15 is 0 Å². The SMILES string of the molecule is CC(c1ccc(-n2cncn2)cc1)N(C)C(=O)c1cccc2ncccc12. The second-order valence-corrected chi connectivity index (χ2v) is 6.40. The molecule has 6 heteroatoms. The van der Waals surface area contributed by atoms with Gasteiger partial charge in [0, 0.05) is 24.2 Å². The lowest BCUT2D eigenvalue weighted by Crippen LogP contribution is -2.29. The quantitative estimate of drug-likeness (QED) is 0.559. The van der Waals surface area contributed by atoms with Crippen molar-refractivity contribution in [3.63, 3.8) is 0 Å². The third kappa shape index (κ3) is 3.17. The largest absolute Gasteiger partial charge is 0.335 e. The van der Waals surface area contributed by atoms with Crippen LogP contribution in [-0.4, -0.2) is 37.6 Å². The van der Waals surface area contributed by atoms with Crippen molar-refractivity contribution in [1.29, 1.82) is 0 Å². The molecule has 0 aliphatic carbocycles. The van der Waals surface area contributed by atoms with Gasteiger partial charge in [-0.05, 0) is 42.8 Å². The molecule has 0 saturated carbocycles. The summed E-state index contributed by atoms with van der Waals surface area (Å²) >= 11 is 0. The Balaban J connectivity index is 1.59. The van der Waals surface area contributed by atoms with Gasteiger partial charge in [-0.2, -0.15) is 5.10 Å². The number of carbonyl (C=O) groups is 1. The Morgan fingerprint density at radius 3 is 2.63 bits per heavy atom. The number of rotatable bonds is 4. The minimum Gasteiger partial charge on any atom is -0.335 e. The summed E-state index contributed by atoms with van der Waals surface area (Å²) in [5.41, 5.74) is 3.46. The van der Waals surface area contributed by atoms with E-state index in [0.717, 1.165) is 22.2 Å². The minimum absolute atomic E-state index is 0.0264. The molecule has 0 spiro atoms. The fraction of sp³-hybridized carbons (Fsp3) is 0.143. The fourth-order valence-electron chi connectivity index (χ4n) is 3.13. The molecule has 0 bridgehead atoms. The van der Waals surface area contributed by atoms with Gasteiger partial charge in [0.15, 0.2) is 0 Å². The number of aromatic nitrogens is 4. The third-order valence-electron chi connectivity index (χ3n) is 4.84. The summed E-state index contributed by atoms with van der Waals surface area (Å²) in [6.07, 6.45) is 4.89. The molecule has 134 valence electrons. The molecule has 0 N–H and O–H groups in total. The van der Waals surface area contributed by atoms with Gasteiger partial charge >= 0.3 is 0 Å². The maximum atomic E-state index is 13.1. The van der Waals surface area contributed by atoms with Crippen molar-refractivity contribution in [2.24, 2.45) is 0 Å². The molecular formula is C21H19N5O. The molecule has 1 atom stereocenters. The van der Waals surface area contributed by atoms with E-state index in [0.29, 0.717) is 5.56 Å². The van der Waals surface area contributed by atoms with Crippen LogP contribution in [0.15, 0.2) is 73.4 Å². The molecule has 0 saturated heterocycles. The molecule has 0 aliphatic rings. The van der Waals surface area contributed by atoms with Crippen molar-refractivity contribution >= 4 is 16.8 Å². The topological polar surface area (TPSA) is 63.9 Å². The minimum atomic E-state index is -0.0748. The summed E-state index contributed by atoms with van der Waals surface area (Å²) in [6.45, 7) is 2.02. The number of hydrogen-bond acceptors (Lipinski definition) is 4. The summed E-state index contributed by atoms with van der Waals surface area (Å²) in [5, 5.41) is 4.99. The highest BCUT2D eigenvalue weighted by Gasteiger charge is 2.20. The van der Waals surface area contributed by atoms with Gasteiger partial charge in [-0.1, -0.05) is 24.3 Å². The zero-order valence-electron chi connectivity index (χ0n) is 15.1. The van der Waals surface area contributed by atoms with E-state index in [9.17, 15) is 4.79 Å². The van der Waals surface area contributed by atoms with E-state index in [1.807, 2.05) is 68.6 Å². The molecule has 1 unspecified atom stereocenters. The lowest BCUT2D eigenvalue weighted by atomic mass is 10.0. The van der Waals surface area contributed by atoms with E-state index in [4.69, 9.17) is 0 Å². The van der Waals surface area contributed by atoms with Crippen LogP contribution in [0.3, 0.4) is 0 Å². The van der Waals surface area contributed by atoms with Gasteiger partial charge in [0.05, 0.1) is 17.2 Å². The van der Waals surface area contributed by atoms with E-state index in [2.05, 4.69) is 15.1 Å². The van der Waals surface area contributed by atoms with E-state index in [1.165, 1.54) is 6.33 Å². The first kappa shape index (κ1) is 16.9. The van der Waals surface area contributed by atoms with Crippen molar-refractivity contribution in [2.75, 3.05) is 7.05 Å². The highest BCUT2D eigenvalue weighted by molar-refractivity contribution is 6.06. The Bertz CT molecular complexity index is 1070. The first-order valence-corrected chi connectivity index (χ1v) is 8.71. The normalized spacial score (nSPS) is 12.1. The average Bonchev–Trinajstić information content (AvgIpc) is 3.27. The Morgan fingerprint density at radius 2 is 1.89 bits per heavy atom. The molecule has 0 aliphatic heterocycles. The van der Waals surface area contributed by atoms with Crippen molar-refractivity contribution in [2.45, 2.75) is 13.0 Å².